The summed E-state index contributed by atoms with van der Waals surface area (Å²) in [7, 11) is 0. The van der Waals surface area contributed by atoms with E-state index < -0.39 is 0 Å². The Balaban J connectivity index is 2.37. The number of nitrogens with zero attached hydrogens (tertiary/aromatic N) is 1. The molecule has 0 aliphatic heterocycles. The summed E-state index contributed by atoms with van der Waals surface area (Å²) in [6.07, 6.45) is 2.98. The standard InChI is InChI=1S/C14H17BrN2S/c1-3-7-16-13(14-11(15)6-9-18-14)12-10(2)5-4-8-17-12/h4-6,8-9,13,16H,3,7H2,1-2H3. The Morgan fingerprint density at radius 3 is 2.89 bits per heavy atom. The van der Waals surface area contributed by atoms with E-state index in [1.165, 1.54) is 10.4 Å². The van der Waals surface area contributed by atoms with Crippen LogP contribution >= 0.6 is 27.3 Å². The SMILES string of the molecule is CCCNC(c1ncccc1C)c1sccc1Br. The van der Waals surface area contributed by atoms with E-state index in [0.717, 1.165) is 23.1 Å². The second kappa shape index (κ2) is 6.45. The molecule has 0 saturated heterocycles. The maximum absolute atomic E-state index is 4.55. The summed E-state index contributed by atoms with van der Waals surface area (Å²) in [5.74, 6) is 0. The zero-order chi connectivity index (χ0) is 13.0. The molecule has 0 aromatic carbocycles. The maximum Gasteiger partial charge on any atom is 0.0859 e. The van der Waals surface area contributed by atoms with Gasteiger partial charge in [-0.15, -0.1) is 11.3 Å². The van der Waals surface area contributed by atoms with E-state index in [-0.39, 0.29) is 6.04 Å². The molecule has 2 nitrogen and oxygen atoms in total. The minimum absolute atomic E-state index is 0.181. The van der Waals surface area contributed by atoms with E-state index in [9.17, 15) is 0 Å². The molecule has 1 atom stereocenters. The molecule has 0 bridgehead atoms. The van der Waals surface area contributed by atoms with Crippen molar-refractivity contribution in [3.63, 3.8) is 0 Å². The first-order valence-electron chi connectivity index (χ1n) is 6.11. The van der Waals surface area contributed by atoms with Gasteiger partial charge in [0.15, 0.2) is 0 Å². The fraction of sp³-hybridized carbons (Fsp3) is 0.357. The van der Waals surface area contributed by atoms with Crippen LogP contribution in [0.15, 0.2) is 34.2 Å². The van der Waals surface area contributed by atoms with Gasteiger partial charge in [-0.1, -0.05) is 13.0 Å². The zero-order valence-electron chi connectivity index (χ0n) is 10.6. The average molecular weight is 325 g/mol. The average Bonchev–Trinajstić information content (AvgIpc) is 2.78. The fourth-order valence-electron chi connectivity index (χ4n) is 1.91. The molecule has 2 heterocycles. The van der Waals surface area contributed by atoms with Crippen LogP contribution in [-0.4, -0.2) is 11.5 Å². The van der Waals surface area contributed by atoms with Crippen LogP contribution in [0.3, 0.4) is 0 Å². The van der Waals surface area contributed by atoms with Crippen molar-refractivity contribution < 1.29 is 0 Å². The highest BCUT2D eigenvalue weighted by atomic mass is 79.9. The second-order valence-electron chi connectivity index (χ2n) is 4.23. The van der Waals surface area contributed by atoms with E-state index in [1.54, 1.807) is 11.3 Å². The van der Waals surface area contributed by atoms with Crippen molar-refractivity contribution in [2.45, 2.75) is 26.3 Å². The van der Waals surface area contributed by atoms with Crippen molar-refractivity contribution in [3.05, 3.63) is 50.4 Å². The molecule has 18 heavy (non-hydrogen) atoms. The first-order chi connectivity index (χ1) is 8.74. The van der Waals surface area contributed by atoms with E-state index in [2.05, 4.69) is 57.6 Å². The summed E-state index contributed by atoms with van der Waals surface area (Å²) in [5.41, 5.74) is 2.35. The Labute approximate surface area is 121 Å². The van der Waals surface area contributed by atoms with Crippen LogP contribution in [0.2, 0.25) is 0 Å². The molecule has 0 aliphatic rings. The quantitative estimate of drug-likeness (QED) is 0.886. The largest absolute Gasteiger partial charge is 0.304 e. The Bertz CT molecular complexity index is 510. The van der Waals surface area contributed by atoms with Crippen molar-refractivity contribution in [1.82, 2.24) is 10.3 Å². The van der Waals surface area contributed by atoms with Crippen molar-refractivity contribution >= 4 is 27.3 Å². The summed E-state index contributed by atoms with van der Waals surface area (Å²) in [6, 6.07) is 6.38. The number of nitrogens with one attached hydrogen (secondary N) is 1. The molecule has 1 N–H and O–H groups in total. The first kappa shape index (κ1) is 13.7. The third kappa shape index (κ3) is 2.99. The lowest BCUT2D eigenvalue weighted by atomic mass is 10.1. The number of pyridine rings is 1. The summed E-state index contributed by atoms with van der Waals surface area (Å²) < 4.78 is 1.16. The molecule has 0 spiro atoms. The Kier molecular flexibility index (Phi) is 4.92. The Morgan fingerprint density at radius 1 is 1.44 bits per heavy atom. The summed E-state index contributed by atoms with van der Waals surface area (Å²) in [6.45, 7) is 5.29. The molecular formula is C14H17BrN2S. The lowest BCUT2D eigenvalue weighted by molar-refractivity contribution is 0.589. The molecule has 96 valence electrons. The number of rotatable bonds is 5. The molecule has 0 amide bonds. The van der Waals surface area contributed by atoms with E-state index in [0.29, 0.717) is 0 Å². The predicted octanol–water partition coefficient (Wildman–Crippen LogP) is 4.30. The van der Waals surface area contributed by atoms with Gasteiger partial charge in [0.2, 0.25) is 0 Å². The van der Waals surface area contributed by atoms with E-state index >= 15 is 0 Å². The number of thiophene rings is 1. The van der Waals surface area contributed by atoms with Gasteiger partial charge < -0.3 is 5.32 Å². The number of halogens is 1. The summed E-state index contributed by atoms with van der Waals surface area (Å²) >= 11 is 5.39. The second-order valence-corrected chi connectivity index (χ2v) is 6.03. The summed E-state index contributed by atoms with van der Waals surface area (Å²) in [4.78, 5) is 5.85. The van der Waals surface area contributed by atoms with Crippen molar-refractivity contribution in [1.29, 1.82) is 0 Å². The lowest BCUT2D eigenvalue weighted by Crippen LogP contribution is -2.24. The molecule has 0 saturated carbocycles. The van der Waals surface area contributed by atoms with Crippen LogP contribution in [0, 0.1) is 6.92 Å². The van der Waals surface area contributed by atoms with Gasteiger partial charge in [-0.3, -0.25) is 4.98 Å². The topological polar surface area (TPSA) is 24.9 Å². The monoisotopic (exact) mass is 324 g/mol. The lowest BCUT2D eigenvalue weighted by Gasteiger charge is -2.19. The third-order valence-corrected chi connectivity index (χ3v) is 4.76. The third-order valence-electron chi connectivity index (χ3n) is 2.83. The van der Waals surface area contributed by atoms with Crippen molar-refractivity contribution in [2.75, 3.05) is 6.54 Å². The first-order valence-corrected chi connectivity index (χ1v) is 7.79. The van der Waals surface area contributed by atoms with E-state index in [4.69, 9.17) is 0 Å². The van der Waals surface area contributed by atoms with Crippen LogP contribution in [0.5, 0.6) is 0 Å². The van der Waals surface area contributed by atoms with Gasteiger partial charge in [-0.25, -0.2) is 0 Å². The minimum Gasteiger partial charge on any atom is -0.304 e. The zero-order valence-corrected chi connectivity index (χ0v) is 13.0. The van der Waals surface area contributed by atoms with Gasteiger partial charge in [0, 0.05) is 15.5 Å². The molecule has 0 aliphatic carbocycles. The minimum atomic E-state index is 0.181. The van der Waals surface area contributed by atoms with Crippen LogP contribution in [0.25, 0.3) is 0 Å². The highest BCUT2D eigenvalue weighted by Gasteiger charge is 2.20. The Hall–Kier alpha value is -0.710. The van der Waals surface area contributed by atoms with Crippen LogP contribution < -0.4 is 5.32 Å². The smallest absolute Gasteiger partial charge is 0.0859 e. The van der Waals surface area contributed by atoms with Crippen LogP contribution in [0.4, 0.5) is 0 Å². The highest BCUT2D eigenvalue weighted by Crippen LogP contribution is 2.33. The molecule has 1 unspecified atom stereocenters. The molecular weight excluding hydrogens is 308 g/mol. The predicted molar refractivity (Wildman–Crippen MR) is 81.1 cm³/mol. The molecule has 2 aromatic heterocycles. The summed E-state index contributed by atoms with van der Waals surface area (Å²) in [5, 5.41) is 5.70. The molecule has 2 rings (SSSR count). The fourth-order valence-corrected chi connectivity index (χ4v) is 3.59. The highest BCUT2D eigenvalue weighted by molar-refractivity contribution is 9.10. The van der Waals surface area contributed by atoms with Gasteiger partial charge in [0.05, 0.1) is 11.7 Å². The van der Waals surface area contributed by atoms with Gasteiger partial charge >= 0.3 is 0 Å². The van der Waals surface area contributed by atoms with Gasteiger partial charge in [-0.05, 0) is 58.9 Å². The molecule has 2 aromatic rings. The van der Waals surface area contributed by atoms with E-state index in [1.807, 2.05) is 12.3 Å². The van der Waals surface area contributed by atoms with Gasteiger partial charge in [0.25, 0.3) is 0 Å². The number of aryl methyl sites for hydroxylation is 1. The molecule has 0 radical (unpaired) electrons. The van der Waals surface area contributed by atoms with Crippen molar-refractivity contribution in [3.8, 4) is 0 Å². The molecule has 4 heteroatoms. The van der Waals surface area contributed by atoms with Crippen molar-refractivity contribution in [2.24, 2.45) is 0 Å². The number of hydrogen-bond donors (Lipinski definition) is 1. The number of hydrogen-bond acceptors (Lipinski definition) is 3. The van der Waals surface area contributed by atoms with Gasteiger partial charge in [-0.2, -0.15) is 0 Å². The Morgan fingerprint density at radius 2 is 2.28 bits per heavy atom. The van der Waals surface area contributed by atoms with Crippen LogP contribution in [0.1, 0.15) is 35.5 Å². The maximum atomic E-state index is 4.55. The molecule has 0 fully saturated rings. The van der Waals surface area contributed by atoms with Crippen LogP contribution in [-0.2, 0) is 0 Å². The normalized spacial score (nSPS) is 12.6. The number of aromatic nitrogens is 1. The van der Waals surface area contributed by atoms with Gasteiger partial charge in [0.1, 0.15) is 0 Å².